The number of rotatable bonds is 10. The van der Waals surface area contributed by atoms with Gasteiger partial charge in [-0.1, -0.05) is 65.8 Å². The number of hydrogen-bond donors (Lipinski definition) is 2. The third-order valence-corrected chi connectivity index (χ3v) is 5.85. The van der Waals surface area contributed by atoms with E-state index in [1.54, 1.807) is 7.11 Å². The van der Waals surface area contributed by atoms with Gasteiger partial charge in [0.1, 0.15) is 5.69 Å². The first-order chi connectivity index (χ1) is 16.2. The van der Waals surface area contributed by atoms with E-state index in [1.165, 1.54) is 22.3 Å². The number of hydrogen-bond acceptors (Lipinski definition) is 5. The highest BCUT2D eigenvalue weighted by Crippen LogP contribution is 2.35. The van der Waals surface area contributed by atoms with E-state index in [1.807, 2.05) is 24.3 Å². The van der Waals surface area contributed by atoms with Gasteiger partial charge in [-0.25, -0.2) is 0 Å². The molecule has 4 aromatic rings. The fourth-order valence-corrected chi connectivity index (χ4v) is 4.11. The summed E-state index contributed by atoms with van der Waals surface area (Å²) in [5.41, 5.74) is 8.69. The van der Waals surface area contributed by atoms with Gasteiger partial charge in [0.25, 0.3) is 0 Å². The largest absolute Gasteiger partial charge is 0.395 e. The van der Waals surface area contributed by atoms with Crippen LogP contribution in [0.2, 0.25) is 0 Å². The first-order valence-corrected chi connectivity index (χ1v) is 11.3. The molecular formula is C28H30N2O3. The van der Waals surface area contributed by atoms with Gasteiger partial charge in [-0.05, 0) is 53.8 Å². The lowest BCUT2D eigenvalue weighted by atomic mass is 9.92. The minimum absolute atomic E-state index is 0.151. The smallest absolute Gasteiger partial charge is 0.167 e. The molecular weight excluding hydrogens is 412 g/mol. The molecule has 5 heteroatoms. The van der Waals surface area contributed by atoms with Gasteiger partial charge in [0, 0.05) is 30.8 Å². The minimum atomic E-state index is 0.151. The average molecular weight is 443 g/mol. The van der Waals surface area contributed by atoms with Crippen molar-refractivity contribution in [3.8, 4) is 33.7 Å². The molecule has 3 aromatic carbocycles. The molecule has 0 aliphatic carbocycles. The SMILES string of the molecule is COCc1c(-c2cc(-c3cccc(CCNCCO)c3)no2)ccc(-c2ccccc2)c1C. The van der Waals surface area contributed by atoms with Crippen LogP contribution in [0.1, 0.15) is 16.7 Å². The second-order valence-corrected chi connectivity index (χ2v) is 8.06. The second kappa shape index (κ2) is 11.1. The Kier molecular flexibility index (Phi) is 7.68. The first kappa shape index (κ1) is 22.9. The van der Waals surface area contributed by atoms with Crippen molar-refractivity contribution < 1.29 is 14.4 Å². The van der Waals surface area contributed by atoms with E-state index in [0.717, 1.165) is 41.1 Å². The molecule has 0 amide bonds. The van der Waals surface area contributed by atoms with Crippen LogP contribution < -0.4 is 5.32 Å². The van der Waals surface area contributed by atoms with Crippen molar-refractivity contribution in [1.82, 2.24) is 10.5 Å². The van der Waals surface area contributed by atoms with Gasteiger partial charge >= 0.3 is 0 Å². The molecule has 0 saturated heterocycles. The fourth-order valence-electron chi connectivity index (χ4n) is 4.11. The molecule has 5 nitrogen and oxygen atoms in total. The summed E-state index contributed by atoms with van der Waals surface area (Å²) in [6, 6.07) is 24.9. The topological polar surface area (TPSA) is 67.5 Å². The highest BCUT2D eigenvalue weighted by atomic mass is 16.5. The number of aliphatic hydroxyl groups excluding tert-OH is 1. The number of aromatic nitrogens is 1. The van der Waals surface area contributed by atoms with Gasteiger partial charge in [-0.2, -0.15) is 0 Å². The lowest BCUT2D eigenvalue weighted by Crippen LogP contribution is -2.20. The van der Waals surface area contributed by atoms with Crippen molar-refractivity contribution >= 4 is 0 Å². The zero-order valence-electron chi connectivity index (χ0n) is 19.2. The van der Waals surface area contributed by atoms with E-state index in [4.69, 9.17) is 14.4 Å². The number of benzene rings is 3. The average Bonchev–Trinajstić information content (AvgIpc) is 3.34. The monoisotopic (exact) mass is 442 g/mol. The number of ether oxygens (including phenoxy) is 1. The van der Waals surface area contributed by atoms with Gasteiger partial charge in [-0.15, -0.1) is 0 Å². The van der Waals surface area contributed by atoms with Crippen molar-refractivity contribution in [2.45, 2.75) is 20.0 Å². The highest BCUT2D eigenvalue weighted by Gasteiger charge is 2.17. The zero-order chi connectivity index (χ0) is 23.0. The minimum Gasteiger partial charge on any atom is -0.395 e. The van der Waals surface area contributed by atoms with E-state index in [0.29, 0.717) is 13.2 Å². The number of nitrogens with one attached hydrogen (secondary N) is 1. The van der Waals surface area contributed by atoms with Crippen LogP contribution in [0.3, 0.4) is 0 Å². The zero-order valence-corrected chi connectivity index (χ0v) is 19.2. The van der Waals surface area contributed by atoms with Crippen molar-refractivity contribution in [2.75, 3.05) is 26.8 Å². The third kappa shape index (κ3) is 5.40. The van der Waals surface area contributed by atoms with Crippen LogP contribution in [0, 0.1) is 6.92 Å². The Bertz CT molecular complexity index is 1180. The fraction of sp³-hybridized carbons (Fsp3) is 0.250. The molecule has 1 aromatic heterocycles. The molecule has 0 aliphatic rings. The second-order valence-electron chi connectivity index (χ2n) is 8.06. The lowest BCUT2D eigenvalue weighted by Gasteiger charge is -2.15. The number of aliphatic hydroxyl groups is 1. The molecule has 170 valence electrons. The third-order valence-electron chi connectivity index (χ3n) is 5.85. The molecule has 0 bridgehead atoms. The van der Waals surface area contributed by atoms with E-state index >= 15 is 0 Å². The van der Waals surface area contributed by atoms with Crippen LogP contribution in [0.5, 0.6) is 0 Å². The summed E-state index contributed by atoms with van der Waals surface area (Å²) in [5, 5.41) is 16.5. The maximum absolute atomic E-state index is 8.91. The molecule has 0 unspecified atom stereocenters. The molecule has 0 radical (unpaired) electrons. The van der Waals surface area contributed by atoms with Gasteiger partial charge < -0.3 is 19.7 Å². The summed E-state index contributed by atoms with van der Waals surface area (Å²) < 4.78 is 11.3. The Balaban J connectivity index is 1.63. The predicted molar refractivity (Wildman–Crippen MR) is 132 cm³/mol. The summed E-state index contributed by atoms with van der Waals surface area (Å²) in [5.74, 6) is 0.731. The Morgan fingerprint density at radius 3 is 2.48 bits per heavy atom. The van der Waals surface area contributed by atoms with Gasteiger partial charge in [0.05, 0.1) is 13.2 Å². The molecule has 4 rings (SSSR count). The number of nitrogens with zero attached hydrogens (tertiary/aromatic N) is 1. The molecule has 0 fully saturated rings. The van der Waals surface area contributed by atoms with Crippen LogP contribution in [-0.4, -0.2) is 37.1 Å². The highest BCUT2D eigenvalue weighted by molar-refractivity contribution is 5.76. The molecule has 0 spiro atoms. The van der Waals surface area contributed by atoms with Crippen molar-refractivity contribution in [3.63, 3.8) is 0 Å². The standard InChI is InChI=1S/C28H30N2O3/c1-20-24(22-8-4-3-5-9-22)11-12-25(26(20)19-32-2)28-18-27(30-33-28)23-10-6-7-21(17-23)13-14-29-15-16-31/h3-12,17-18,29,31H,13-16,19H2,1-2H3. The lowest BCUT2D eigenvalue weighted by molar-refractivity contribution is 0.184. The van der Waals surface area contributed by atoms with Crippen LogP contribution in [-0.2, 0) is 17.8 Å². The summed E-state index contributed by atoms with van der Waals surface area (Å²) >= 11 is 0. The van der Waals surface area contributed by atoms with E-state index in [9.17, 15) is 0 Å². The van der Waals surface area contributed by atoms with Crippen molar-refractivity contribution in [1.29, 1.82) is 0 Å². The molecule has 2 N–H and O–H groups in total. The molecule has 0 aliphatic heterocycles. The Hall–Kier alpha value is -3.25. The maximum atomic E-state index is 8.91. The quantitative estimate of drug-likeness (QED) is 0.328. The Labute approximate surface area is 195 Å². The van der Waals surface area contributed by atoms with Gasteiger partial charge in [-0.3, -0.25) is 0 Å². The van der Waals surface area contributed by atoms with Crippen LogP contribution in [0.25, 0.3) is 33.7 Å². The van der Waals surface area contributed by atoms with E-state index in [2.05, 4.69) is 65.9 Å². The molecule has 0 saturated carbocycles. The Morgan fingerprint density at radius 1 is 0.909 bits per heavy atom. The van der Waals surface area contributed by atoms with Crippen molar-refractivity contribution in [3.05, 3.63) is 89.5 Å². The van der Waals surface area contributed by atoms with E-state index < -0.39 is 0 Å². The van der Waals surface area contributed by atoms with Gasteiger partial charge in [0.15, 0.2) is 5.76 Å². The van der Waals surface area contributed by atoms with Crippen molar-refractivity contribution in [2.24, 2.45) is 0 Å². The van der Waals surface area contributed by atoms with Crippen LogP contribution in [0.15, 0.2) is 77.3 Å². The van der Waals surface area contributed by atoms with E-state index in [-0.39, 0.29) is 6.61 Å². The molecule has 33 heavy (non-hydrogen) atoms. The maximum Gasteiger partial charge on any atom is 0.167 e. The van der Waals surface area contributed by atoms with Gasteiger partial charge in [0.2, 0.25) is 0 Å². The summed E-state index contributed by atoms with van der Waals surface area (Å²) in [6.07, 6.45) is 0.886. The molecule has 0 atom stereocenters. The summed E-state index contributed by atoms with van der Waals surface area (Å²) in [6.45, 7) is 4.21. The first-order valence-electron chi connectivity index (χ1n) is 11.3. The molecule has 1 heterocycles. The van der Waals surface area contributed by atoms with Crippen LogP contribution in [0.4, 0.5) is 0 Å². The predicted octanol–water partition coefficient (Wildman–Crippen LogP) is 5.25. The number of methoxy groups -OCH3 is 1. The summed E-state index contributed by atoms with van der Waals surface area (Å²) in [4.78, 5) is 0. The van der Waals surface area contributed by atoms with Crippen LogP contribution >= 0.6 is 0 Å². The summed E-state index contributed by atoms with van der Waals surface area (Å²) in [7, 11) is 1.71. The Morgan fingerprint density at radius 2 is 1.70 bits per heavy atom. The normalized spacial score (nSPS) is 11.1.